The molecule has 0 amide bonds. The van der Waals surface area contributed by atoms with Gasteiger partial charge in [-0.05, 0) is 36.7 Å². The number of hydrogen-bond acceptors (Lipinski definition) is 4. The number of rotatable bonds is 6. The van der Waals surface area contributed by atoms with E-state index in [4.69, 9.17) is 9.47 Å². The normalized spacial score (nSPS) is 21.2. The molecule has 2 unspecified atom stereocenters. The van der Waals surface area contributed by atoms with Crippen LogP contribution >= 0.6 is 15.9 Å². The second-order valence-electron chi connectivity index (χ2n) is 5.44. The summed E-state index contributed by atoms with van der Waals surface area (Å²) in [5, 5.41) is 10.5. The van der Waals surface area contributed by atoms with Crippen LogP contribution < -0.4 is 4.74 Å². The van der Waals surface area contributed by atoms with Crippen LogP contribution in [0.1, 0.15) is 18.9 Å². The minimum Gasteiger partial charge on any atom is -0.496 e. The molecule has 1 N–H and O–H groups in total. The third-order valence-electron chi connectivity index (χ3n) is 3.82. The number of morpholine rings is 1. The summed E-state index contributed by atoms with van der Waals surface area (Å²) in [7, 11) is 1.65. The Morgan fingerprint density at radius 2 is 2.33 bits per heavy atom. The van der Waals surface area contributed by atoms with Gasteiger partial charge in [0, 0.05) is 24.0 Å². The van der Waals surface area contributed by atoms with Crippen LogP contribution in [0, 0.1) is 0 Å². The van der Waals surface area contributed by atoms with Crippen LogP contribution in [0.2, 0.25) is 0 Å². The molecule has 1 fully saturated rings. The van der Waals surface area contributed by atoms with Crippen LogP contribution in [0.4, 0.5) is 0 Å². The molecule has 4 nitrogen and oxygen atoms in total. The Balaban J connectivity index is 2.00. The average molecular weight is 358 g/mol. The van der Waals surface area contributed by atoms with Crippen molar-refractivity contribution in [3.05, 3.63) is 28.2 Å². The third kappa shape index (κ3) is 4.68. The first-order valence-corrected chi connectivity index (χ1v) is 8.27. The van der Waals surface area contributed by atoms with Gasteiger partial charge in [-0.1, -0.05) is 22.9 Å². The standard InChI is InChI=1S/C16H24BrNO3/c1-3-6-18-7-8-21-16(11-18)14(19)10-12-9-13(17)4-5-15(12)20-2/h4-5,9,14,16,19H,3,6-8,10-11H2,1-2H3. The van der Waals surface area contributed by atoms with Crippen molar-refractivity contribution in [1.29, 1.82) is 0 Å². The molecule has 1 aliphatic heterocycles. The van der Waals surface area contributed by atoms with Crippen molar-refractivity contribution in [1.82, 2.24) is 4.90 Å². The zero-order chi connectivity index (χ0) is 15.2. The van der Waals surface area contributed by atoms with Crippen LogP contribution in [-0.4, -0.2) is 55.6 Å². The number of aliphatic hydroxyl groups is 1. The van der Waals surface area contributed by atoms with E-state index in [0.29, 0.717) is 13.0 Å². The van der Waals surface area contributed by atoms with E-state index < -0.39 is 6.10 Å². The predicted molar refractivity (Wildman–Crippen MR) is 86.9 cm³/mol. The highest BCUT2D eigenvalue weighted by molar-refractivity contribution is 9.10. The number of ether oxygens (including phenoxy) is 2. The molecule has 21 heavy (non-hydrogen) atoms. The van der Waals surface area contributed by atoms with Gasteiger partial charge in [0.15, 0.2) is 0 Å². The summed E-state index contributed by atoms with van der Waals surface area (Å²) in [5.74, 6) is 0.804. The molecular weight excluding hydrogens is 334 g/mol. The number of halogens is 1. The molecule has 2 rings (SSSR count). The highest BCUT2D eigenvalue weighted by atomic mass is 79.9. The number of aliphatic hydroxyl groups excluding tert-OH is 1. The smallest absolute Gasteiger partial charge is 0.122 e. The van der Waals surface area contributed by atoms with Crippen molar-refractivity contribution < 1.29 is 14.6 Å². The first-order valence-electron chi connectivity index (χ1n) is 7.48. The van der Waals surface area contributed by atoms with Crippen molar-refractivity contribution in [2.24, 2.45) is 0 Å². The maximum absolute atomic E-state index is 10.5. The molecule has 118 valence electrons. The molecule has 0 aliphatic carbocycles. The lowest BCUT2D eigenvalue weighted by atomic mass is 10.0. The molecule has 0 aromatic heterocycles. The van der Waals surface area contributed by atoms with Crippen molar-refractivity contribution in [2.45, 2.75) is 32.0 Å². The first-order chi connectivity index (χ1) is 10.1. The van der Waals surface area contributed by atoms with Crippen molar-refractivity contribution in [3.8, 4) is 5.75 Å². The van der Waals surface area contributed by atoms with Gasteiger partial charge in [0.1, 0.15) is 5.75 Å². The van der Waals surface area contributed by atoms with Gasteiger partial charge < -0.3 is 14.6 Å². The van der Waals surface area contributed by atoms with Gasteiger partial charge in [0.25, 0.3) is 0 Å². The second kappa shape index (κ2) is 8.13. The van der Waals surface area contributed by atoms with Crippen LogP contribution in [0.15, 0.2) is 22.7 Å². The summed E-state index contributed by atoms with van der Waals surface area (Å²) in [5.41, 5.74) is 0.996. The maximum atomic E-state index is 10.5. The van der Waals surface area contributed by atoms with Crippen molar-refractivity contribution in [2.75, 3.05) is 33.4 Å². The molecule has 0 radical (unpaired) electrons. The molecule has 2 atom stereocenters. The van der Waals surface area contributed by atoms with Crippen LogP contribution in [0.25, 0.3) is 0 Å². The minimum absolute atomic E-state index is 0.131. The summed E-state index contributed by atoms with van der Waals surface area (Å²) in [6.45, 7) is 5.68. The number of benzene rings is 1. The van der Waals surface area contributed by atoms with E-state index in [-0.39, 0.29) is 6.10 Å². The van der Waals surface area contributed by atoms with Gasteiger partial charge in [0.05, 0.1) is 25.9 Å². The molecule has 1 heterocycles. The molecular formula is C16H24BrNO3. The second-order valence-corrected chi connectivity index (χ2v) is 6.35. The Kier molecular flexibility index (Phi) is 6.48. The lowest BCUT2D eigenvalue weighted by molar-refractivity contribution is -0.0878. The average Bonchev–Trinajstić information content (AvgIpc) is 2.48. The highest BCUT2D eigenvalue weighted by Gasteiger charge is 2.27. The molecule has 1 saturated heterocycles. The summed E-state index contributed by atoms with van der Waals surface area (Å²) in [4.78, 5) is 2.36. The molecule has 1 aromatic rings. The number of hydrogen-bond donors (Lipinski definition) is 1. The number of methoxy groups -OCH3 is 1. The fourth-order valence-electron chi connectivity index (χ4n) is 2.75. The lowest BCUT2D eigenvalue weighted by Gasteiger charge is -2.35. The first kappa shape index (κ1) is 16.7. The van der Waals surface area contributed by atoms with E-state index in [0.717, 1.165) is 41.8 Å². The zero-order valence-electron chi connectivity index (χ0n) is 12.7. The fraction of sp³-hybridized carbons (Fsp3) is 0.625. The molecule has 1 aliphatic rings. The molecule has 0 bridgehead atoms. The molecule has 1 aromatic carbocycles. The van der Waals surface area contributed by atoms with Gasteiger partial charge in [-0.25, -0.2) is 0 Å². The number of nitrogens with zero attached hydrogens (tertiary/aromatic N) is 1. The van der Waals surface area contributed by atoms with E-state index in [2.05, 4.69) is 27.8 Å². The minimum atomic E-state index is -0.521. The van der Waals surface area contributed by atoms with Crippen molar-refractivity contribution in [3.63, 3.8) is 0 Å². The SMILES string of the molecule is CCCN1CCOC(C(O)Cc2cc(Br)ccc2OC)C1. The predicted octanol–water partition coefficient (Wildman–Crippen LogP) is 2.47. The summed E-state index contributed by atoms with van der Waals surface area (Å²) in [6.07, 6.45) is 1.01. The lowest BCUT2D eigenvalue weighted by Crippen LogP contribution is -2.48. The summed E-state index contributed by atoms with van der Waals surface area (Å²) >= 11 is 3.46. The van der Waals surface area contributed by atoms with Gasteiger partial charge in [0.2, 0.25) is 0 Å². The Hall–Kier alpha value is -0.620. The third-order valence-corrected chi connectivity index (χ3v) is 4.31. The quantitative estimate of drug-likeness (QED) is 0.849. The van der Waals surface area contributed by atoms with E-state index in [9.17, 15) is 5.11 Å². The fourth-order valence-corrected chi connectivity index (χ4v) is 3.16. The Bertz CT molecular complexity index is 453. The molecule has 0 saturated carbocycles. The summed E-state index contributed by atoms with van der Waals surface area (Å²) < 4.78 is 12.1. The Morgan fingerprint density at radius 1 is 1.52 bits per heavy atom. The largest absolute Gasteiger partial charge is 0.496 e. The summed E-state index contributed by atoms with van der Waals surface area (Å²) in [6, 6.07) is 5.85. The molecule has 5 heteroatoms. The highest BCUT2D eigenvalue weighted by Crippen LogP contribution is 2.25. The van der Waals surface area contributed by atoms with Gasteiger partial charge in [-0.3, -0.25) is 4.90 Å². The monoisotopic (exact) mass is 357 g/mol. The van der Waals surface area contributed by atoms with E-state index in [1.165, 1.54) is 0 Å². The van der Waals surface area contributed by atoms with Crippen LogP contribution in [-0.2, 0) is 11.2 Å². The zero-order valence-corrected chi connectivity index (χ0v) is 14.3. The maximum Gasteiger partial charge on any atom is 0.122 e. The van der Waals surface area contributed by atoms with Gasteiger partial charge in [-0.2, -0.15) is 0 Å². The van der Waals surface area contributed by atoms with E-state index >= 15 is 0 Å². The van der Waals surface area contributed by atoms with Crippen LogP contribution in [0.3, 0.4) is 0 Å². The van der Waals surface area contributed by atoms with E-state index in [1.807, 2.05) is 18.2 Å². The molecule has 0 spiro atoms. The topological polar surface area (TPSA) is 41.9 Å². The van der Waals surface area contributed by atoms with Crippen LogP contribution in [0.5, 0.6) is 5.75 Å². The Morgan fingerprint density at radius 3 is 3.05 bits per heavy atom. The Labute approximate surface area is 135 Å². The van der Waals surface area contributed by atoms with E-state index in [1.54, 1.807) is 7.11 Å². The van der Waals surface area contributed by atoms with Gasteiger partial charge in [-0.15, -0.1) is 0 Å². The van der Waals surface area contributed by atoms with Crippen molar-refractivity contribution >= 4 is 15.9 Å². The van der Waals surface area contributed by atoms with Gasteiger partial charge >= 0.3 is 0 Å².